The molecule has 0 spiro atoms. The molecule has 2 unspecified atom stereocenters. The van der Waals surface area contributed by atoms with Gasteiger partial charge in [0.1, 0.15) is 0 Å². The molecule has 104 valence electrons. The number of likely N-dealkylation sites (N-methyl/N-ethyl adjacent to an activating group) is 1. The molecule has 1 saturated carbocycles. The standard InChI is InChI=1S/C14H26N2O2/c1-10-13(7-8-18-10)16(2)14(17)9-11-3-5-12(15)6-4-11/h10-13H,3-9,15H2,1-2H3. The van der Waals surface area contributed by atoms with Crippen molar-refractivity contribution in [2.75, 3.05) is 13.7 Å². The third-order valence-corrected chi connectivity index (χ3v) is 4.58. The van der Waals surface area contributed by atoms with Crippen molar-refractivity contribution in [1.29, 1.82) is 0 Å². The first-order valence-electron chi connectivity index (χ1n) is 7.20. The third kappa shape index (κ3) is 3.23. The second-order valence-electron chi connectivity index (χ2n) is 5.92. The second-order valence-corrected chi connectivity index (χ2v) is 5.92. The smallest absolute Gasteiger partial charge is 0.222 e. The van der Waals surface area contributed by atoms with E-state index in [9.17, 15) is 4.79 Å². The molecule has 1 heterocycles. The molecule has 18 heavy (non-hydrogen) atoms. The molecule has 0 aromatic heterocycles. The first-order chi connectivity index (χ1) is 8.58. The van der Waals surface area contributed by atoms with Gasteiger partial charge in [0.15, 0.2) is 0 Å². The quantitative estimate of drug-likeness (QED) is 0.831. The van der Waals surface area contributed by atoms with Crippen molar-refractivity contribution in [2.45, 2.75) is 63.6 Å². The van der Waals surface area contributed by atoms with Gasteiger partial charge in [-0.3, -0.25) is 4.79 Å². The monoisotopic (exact) mass is 254 g/mol. The van der Waals surface area contributed by atoms with Crippen LogP contribution in [0.5, 0.6) is 0 Å². The van der Waals surface area contributed by atoms with Crippen LogP contribution in [0.4, 0.5) is 0 Å². The van der Waals surface area contributed by atoms with Crippen LogP contribution in [0, 0.1) is 5.92 Å². The Hall–Kier alpha value is -0.610. The number of hydrogen-bond donors (Lipinski definition) is 1. The predicted molar refractivity (Wildman–Crippen MR) is 71.1 cm³/mol. The van der Waals surface area contributed by atoms with Crippen LogP contribution in [0.1, 0.15) is 45.4 Å². The highest BCUT2D eigenvalue weighted by Crippen LogP contribution is 2.27. The van der Waals surface area contributed by atoms with Gasteiger partial charge in [0.2, 0.25) is 5.91 Å². The van der Waals surface area contributed by atoms with E-state index >= 15 is 0 Å². The minimum Gasteiger partial charge on any atom is -0.376 e. The number of nitrogens with zero attached hydrogens (tertiary/aromatic N) is 1. The largest absolute Gasteiger partial charge is 0.376 e. The molecule has 1 aliphatic heterocycles. The number of hydrogen-bond acceptors (Lipinski definition) is 3. The maximum Gasteiger partial charge on any atom is 0.222 e. The van der Waals surface area contributed by atoms with Crippen molar-refractivity contribution in [3.63, 3.8) is 0 Å². The molecule has 1 aliphatic carbocycles. The highest BCUT2D eigenvalue weighted by molar-refractivity contribution is 5.76. The lowest BCUT2D eigenvalue weighted by Gasteiger charge is -2.30. The molecule has 4 nitrogen and oxygen atoms in total. The van der Waals surface area contributed by atoms with Gasteiger partial charge in [0, 0.05) is 26.1 Å². The fourth-order valence-corrected chi connectivity index (χ4v) is 3.20. The minimum absolute atomic E-state index is 0.179. The fraction of sp³-hybridized carbons (Fsp3) is 0.929. The van der Waals surface area contributed by atoms with Gasteiger partial charge in [-0.15, -0.1) is 0 Å². The van der Waals surface area contributed by atoms with Crippen molar-refractivity contribution in [3.05, 3.63) is 0 Å². The molecule has 2 N–H and O–H groups in total. The molecular formula is C14H26N2O2. The molecule has 0 bridgehead atoms. The number of carbonyl (C=O) groups is 1. The number of ether oxygens (including phenoxy) is 1. The summed E-state index contributed by atoms with van der Waals surface area (Å²) >= 11 is 0. The van der Waals surface area contributed by atoms with Gasteiger partial charge in [-0.2, -0.15) is 0 Å². The summed E-state index contributed by atoms with van der Waals surface area (Å²) < 4.78 is 5.53. The van der Waals surface area contributed by atoms with E-state index in [1.165, 1.54) is 0 Å². The first kappa shape index (κ1) is 13.8. The minimum atomic E-state index is 0.179. The first-order valence-corrected chi connectivity index (χ1v) is 7.20. The zero-order chi connectivity index (χ0) is 13.1. The van der Waals surface area contributed by atoms with Gasteiger partial charge in [0.25, 0.3) is 0 Å². The van der Waals surface area contributed by atoms with E-state index in [0.29, 0.717) is 18.4 Å². The van der Waals surface area contributed by atoms with Gasteiger partial charge in [-0.05, 0) is 44.9 Å². The average Bonchev–Trinajstić information content (AvgIpc) is 2.77. The molecule has 0 aromatic rings. The van der Waals surface area contributed by atoms with E-state index in [0.717, 1.165) is 38.7 Å². The Morgan fingerprint density at radius 2 is 1.94 bits per heavy atom. The fourth-order valence-electron chi connectivity index (χ4n) is 3.20. The molecule has 1 saturated heterocycles. The van der Waals surface area contributed by atoms with E-state index < -0.39 is 0 Å². The van der Waals surface area contributed by atoms with Crippen LogP contribution in [0.2, 0.25) is 0 Å². The van der Waals surface area contributed by atoms with Crippen molar-refractivity contribution < 1.29 is 9.53 Å². The molecule has 4 heteroatoms. The molecule has 2 rings (SSSR count). The maximum atomic E-state index is 12.3. The molecule has 2 aliphatic rings. The highest BCUT2D eigenvalue weighted by atomic mass is 16.5. The second kappa shape index (κ2) is 6.02. The van der Waals surface area contributed by atoms with Gasteiger partial charge in [0.05, 0.1) is 12.1 Å². The van der Waals surface area contributed by atoms with Crippen LogP contribution in [-0.4, -0.2) is 42.6 Å². The average molecular weight is 254 g/mol. The Bertz CT molecular complexity index is 288. The summed E-state index contributed by atoms with van der Waals surface area (Å²) in [5.41, 5.74) is 5.89. The van der Waals surface area contributed by atoms with Crippen LogP contribution >= 0.6 is 0 Å². The van der Waals surface area contributed by atoms with E-state index in [-0.39, 0.29) is 18.1 Å². The van der Waals surface area contributed by atoms with Crippen LogP contribution in [-0.2, 0) is 9.53 Å². The maximum absolute atomic E-state index is 12.3. The lowest BCUT2D eigenvalue weighted by atomic mass is 9.84. The van der Waals surface area contributed by atoms with Gasteiger partial charge >= 0.3 is 0 Å². The summed E-state index contributed by atoms with van der Waals surface area (Å²) in [4.78, 5) is 14.2. The lowest BCUT2D eigenvalue weighted by Crippen LogP contribution is -2.42. The Labute approximate surface area is 110 Å². The Morgan fingerprint density at radius 3 is 2.50 bits per heavy atom. The number of carbonyl (C=O) groups excluding carboxylic acids is 1. The van der Waals surface area contributed by atoms with Crippen LogP contribution in [0.3, 0.4) is 0 Å². The van der Waals surface area contributed by atoms with Gasteiger partial charge < -0.3 is 15.4 Å². The van der Waals surface area contributed by atoms with E-state index in [4.69, 9.17) is 10.5 Å². The number of amides is 1. The summed E-state index contributed by atoms with van der Waals surface area (Å²) in [5.74, 6) is 0.815. The Kier molecular flexibility index (Phi) is 4.62. The zero-order valence-electron chi connectivity index (χ0n) is 11.6. The predicted octanol–water partition coefficient (Wildman–Crippen LogP) is 1.53. The molecule has 2 atom stereocenters. The summed E-state index contributed by atoms with van der Waals surface area (Å²) in [7, 11) is 1.92. The molecule has 0 aromatic carbocycles. The summed E-state index contributed by atoms with van der Waals surface area (Å²) in [6.45, 7) is 2.84. The third-order valence-electron chi connectivity index (χ3n) is 4.58. The lowest BCUT2D eigenvalue weighted by molar-refractivity contribution is -0.134. The van der Waals surface area contributed by atoms with Crippen LogP contribution in [0.25, 0.3) is 0 Å². The summed E-state index contributed by atoms with van der Waals surface area (Å²) in [6, 6.07) is 0.626. The molecule has 0 radical (unpaired) electrons. The highest BCUT2D eigenvalue weighted by Gasteiger charge is 2.31. The molecule has 2 fully saturated rings. The van der Waals surface area contributed by atoms with Gasteiger partial charge in [-0.25, -0.2) is 0 Å². The van der Waals surface area contributed by atoms with E-state index in [1.807, 2.05) is 11.9 Å². The van der Waals surface area contributed by atoms with Gasteiger partial charge in [-0.1, -0.05) is 0 Å². The Balaban J connectivity index is 1.80. The summed E-state index contributed by atoms with van der Waals surface area (Å²) in [6.07, 6.45) is 6.20. The number of nitrogens with two attached hydrogens (primary N) is 1. The topological polar surface area (TPSA) is 55.6 Å². The van der Waals surface area contributed by atoms with E-state index in [2.05, 4.69) is 6.92 Å². The van der Waals surface area contributed by atoms with Crippen molar-refractivity contribution in [2.24, 2.45) is 11.7 Å². The summed E-state index contributed by atoms with van der Waals surface area (Å²) in [5, 5.41) is 0. The normalized spacial score (nSPS) is 36.6. The SMILES string of the molecule is CC1OCCC1N(C)C(=O)CC1CCC(N)CC1. The number of rotatable bonds is 3. The van der Waals surface area contributed by atoms with Crippen LogP contribution < -0.4 is 5.73 Å². The van der Waals surface area contributed by atoms with Crippen molar-refractivity contribution in [1.82, 2.24) is 4.90 Å². The van der Waals surface area contributed by atoms with Crippen molar-refractivity contribution in [3.8, 4) is 0 Å². The molecule has 1 amide bonds. The van der Waals surface area contributed by atoms with Crippen molar-refractivity contribution >= 4 is 5.91 Å². The van der Waals surface area contributed by atoms with Crippen LogP contribution in [0.15, 0.2) is 0 Å². The van der Waals surface area contributed by atoms with E-state index in [1.54, 1.807) is 0 Å². The zero-order valence-corrected chi connectivity index (χ0v) is 11.6. The molecular weight excluding hydrogens is 228 g/mol. The Morgan fingerprint density at radius 1 is 1.28 bits per heavy atom.